The number of amides is 1. The summed E-state index contributed by atoms with van der Waals surface area (Å²) in [6.45, 7) is 2.47. The van der Waals surface area contributed by atoms with E-state index in [4.69, 9.17) is 4.74 Å². The monoisotopic (exact) mass is 382 g/mol. The summed E-state index contributed by atoms with van der Waals surface area (Å²) in [5.41, 5.74) is 3.51. The molecule has 2 aliphatic heterocycles. The van der Waals surface area contributed by atoms with E-state index in [-0.39, 0.29) is 11.5 Å². The Morgan fingerprint density at radius 1 is 1.04 bits per heavy atom. The van der Waals surface area contributed by atoms with E-state index in [9.17, 15) is 13.6 Å². The lowest BCUT2D eigenvalue weighted by Gasteiger charge is -2.28. The molecule has 0 saturated carbocycles. The zero-order valence-corrected chi connectivity index (χ0v) is 15.3. The van der Waals surface area contributed by atoms with Gasteiger partial charge in [-0.25, -0.2) is 13.8 Å². The van der Waals surface area contributed by atoms with Crippen molar-refractivity contribution in [2.45, 2.75) is 12.8 Å². The number of piperidine rings is 1. The van der Waals surface area contributed by atoms with Crippen molar-refractivity contribution < 1.29 is 18.3 Å². The van der Waals surface area contributed by atoms with Crippen molar-refractivity contribution in [3.63, 3.8) is 0 Å². The smallest absolute Gasteiger partial charge is 0.253 e. The highest BCUT2D eigenvalue weighted by Gasteiger charge is 2.21. The molecule has 1 saturated heterocycles. The van der Waals surface area contributed by atoms with E-state index in [2.05, 4.69) is 11.1 Å². The lowest BCUT2D eigenvalue weighted by Crippen LogP contribution is -2.36. The summed E-state index contributed by atoms with van der Waals surface area (Å²) >= 11 is 0. The average molecular weight is 382 g/mol. The van der Waals surface area contributed by atoms with Gasteiger partial charge in [-0.1, -0.05) is 23.8 Å². The van der Waals surface area contributed by atoms with Gasteiger partial charge in [-0.15, -0.1) is 0 Å². The molecule has 4 nitrogen and oxygen atoms in total. The first-order chi connectivity index (χ1) is 13.6. The molecule has 2 heterocycles. The SMILES string of the molecule is O=C(c1ccc(F)c(F)c1)N1CCC(=Cc2ccc(C3=NCCO3)cc2)CC1. The third-order valence-corrected chi connectivity index (χ3v) is 4.97. The normalized spacial score (nSPS) is 16.6. The van der Waals surface area contributed by atoms with Crippen molar-refractivity contribution >= 4 is 17.9 Å². The molecule has 0 N–H and O–H groups in total. The lowest BCUT2D eigenvalue weighted by atomic mass is 9.99. The number of ether oxygens (including phenoxy) is 1. The summed E-state index contributed by atoms with van der Waals surface area (Å²) in [4.78, 5) is 18.5. The molecule has 0 unspecified atom stereocenters. The number of carbonyl (C=O) groups is 1. The van der Waals surface area contributed by atoms with Gasteiger partial charge in [0.05, 0.1) is 6.54 Å². The van der Waals surface area contributed by atoms with E-state index in [1.165, 1.54) is 11.6 Å². The van der Waals surface area contributed by atoms with E-state index in [0.29, 0.717) is 32.1 Å². The summed E-state index contributed by atoms with van der Waals surface area (Å²) in [6.07, 6.45) is 3.65. The first-order valence-corrected chi connectivity index (χ1v) is 9.31. The van der Waals surface area contributed by atoms with Crippen molar-refractivity contribution in [1.82, 2.24) is 4.90 Å². The molecular formula is C22H20F2N2O2. The van der Waals surface area contributed by atoms with E-state index >= 15 is 0 Å². The number of aliphatic imine (C=N–C) groups is 1. The summed E-state index contributed by atoms with van der Waals surface area (Å²) < 4.78 is 31.9. The van der Waals surface area contributed by atoms with Gasteiger partial charge in [-0.05, 0) is 48.7 Å². The Bertz CT molecular complexity index is 942. The van der Waals surface area contributed by atoms with Gasteiger partial charge in [-0.3, -0.25) is 4.79 Å². The topological polar surface area (TPSA) is 41.9 Å². The average Bonchev–Trinajstić information content (AvgIpc) is 3.26. The molecule has 1 amide bonds. The van der Waals surface area contributed by atoms with Crippen LogP contribution in [0.3, 0.4) is 0 Å². The number of likely N-dealkylation sites (tertiary alicyclic amines) is 1. The number of halogens is 2. The van der Waals surface area contributed by atoms with E-state index in [1.807, 2.05) is 24.3 Å². The van der Waals surface area contributed by atoms with Gasteiger partial charge in [0.1, 0.15) is 6.61 Å². The second kappa shape index (κ2) is 7.92. The number of nitrogens with zero attached hydrogens (tertiary/aromatic N) is 2. The molecule has 2 aliphatic rings. The van der Waals surface area contributed by atoms with Crippen LogP contribution < -0.4 is 0 Å². The fraction of sp³-hybridized carbons (Fsp3) is 0.273. The van der Waals surface area contributed by atoms with Crippen molar-refractivity contribution in [1.29, 1.82) is 0 Å². The third-order valence-electron chi connectivity index (χ3n) is 4.97. The van der Waals surface area contributed by atoms with E-state index in [1.54, 1.807) is 4.90 Å². The Kier molecular flexibility index (Phi) is 5.19. The lowest BCUT2D eigenvalue weighted by molar-refractivity contribution is 0.0743. The second-order valence-electron chi connectivity index (χ2n) is 6.88. The zero-order chi connectivity index (χ0) is 19.5. The quantitative estimate of drug-likeness (QED) is 0.803. The molecule has 2 aromatic rings. The van der Waals surface area contributed by atoms with E-state index < -0.39 is 11.6 Å². The highest BCUT2D eigenvalue weighted by atomic mass is 19.2. The van der Waals surface area contributed by atoms with Gasteiger partial charge in [0.2, 0.25) is 5.90 Å². The van der Waals surface area contributed by atoms with Crippen LogP contribution in [0.2, 0.25) is 0 Å². The van der Waals surface area contributed by atoms with Crippen molar-refractivity contribution in [2.75, 3.05) is 26.2 Å². The maximum atomic E-state index is 13.4. The Morgan fingerprint density at radius 2 is 1.79 bits per heavy atom. The van der Waals surface area contributed by atoms with Crippen LogP contribution in [0.15, 0.2) is 53.0 Å². The summed E-state index contributed by atoms with van der Waals surface area (Å²) in [6, 6.07) is 11.3. The summed E-state index contributed by atoms with van der Waals surface area (Å²) in [5.74, 6) is -1.51. The summed E-state index contributed by atoms with van der Waals surface area (Å²) in [5, 5.41) is 0. The largest absolute Gasteiger partial charge is 0.476 e. The number of hydrogen-bond acceptors (Lipinski definition) is 3. The molecule has 0 aliphatic carbocycles. The van der Waals surface area contributed by atoms with Crippen LogP contribution in [0, 0.1) is 11.6 Å². The molecule has 28 heavy (non-hydrogen) atoms. The maximum absolute atomic E-state index is 13.4. The minimum absolute atomic E-state index is 0.180. The molecule has 0 bridgehead atoms. The van der Waals surface area contributed by atoms with Gasteiger partial charge in [-0.2, -0.15) is 0 Å². The molecule has 0 aromatic heterocycles. The molecule has 6 heteroatoms. The van der Waals surface area contributed by atoms with Crippen LogP contribution in [0.1, 0.15) is 34.3 Å². The predicted octanol–water partition coefficient (Wildman–Crippen LogP) is 4.06. The number of benzene rings is 2. The Labute approximate surface area is 162 Å². The zero-order valence-electron chi connectivity index (χ0n) is 15.3. The fourth-order valence-electron chi connectivity index (χ4n) is 3.42. The molecule has 1 fully saturated rings. The molecule has 2 aromatic carbocycles. The second-order valence-corrected chi connectivity index (χ2v) is 6.88. The van der Waals surface area contributed by atoms with Crippen LogP contribution >= 0.6 is 0 Å². The predicted molar refractivity (Wildman–Crippen MR) is 103 cm³/mol. The molecule has 4 rings (SSSR count). The van der Waals surface area contributed by atoms with Gasteiger partial charge in [0, 0.05) is 24.2 Å². The van der Waals surface area contributed by atoms with Crippen LogP contribution in [-0.2, 0) is 4.74 Å². The van der Waals surface area contributed by atoms with Crippen LogP contribution in [0.25, 0.3) is 6.08 Å². The van der Waals surface area contributed by atoms with Crippen molar-refractivity contribution in [3.05, 3.63) is 76.4 Å². The standard InChI is InChI=1S/C22H20F2N2O2/c23-19-6-5-18(14-20(19)24)22(27)26-10-7-16(8-11-26)13-15-1-3-17(4-2-15)21-25-9-12-28-21/h1-6,13-14H,7-12H2. The Hall–Kier alpha value is -3.02. The molecular weight excluding hydrogens is 362 g/mol. The molecule has 0 spiro atoms. The van der Waals surface area contributed by atoms with Crippen LogP contribution in [-0.4, -0.2) is 42.9 Å². The summed E-state index contributed by atoms with van der Waals surface area (Å²) in [7, 11) is 0. The fourth-order valence-corrected chi connectivity index (χ4v) is 3.42. The van der Waals surface area contributed by atoms with Gasteiger partial charge in [0.25, 0.3) is 5.91 Å². The highest BCUT2D eigenvalue weighted by Crippen LogP contribution is 2.22. The van der Waals surface area contributed by atoms with Gasteiger partial charge >= 0.3 is 0 Å². The Morgan fingerprint density at radius 3 is 2.43 bits per heavy atom. The number of rotatable bonds is 3. The molecule has 0 radical (unpaired) electrons. The van der Waals surface area contributed by atoms with Gasteiger partial charge in [0.15, 0.2) is 11.6 Å². The highest BCUT2D eigenvalue weighted by molar-refractivity contribution is 5.95. The first kappa shape index (κ1) is 18.3. The number of hydrogen-bond donors (Lipinski definition) is 0. The number of carbonyl (C=O) groups excluding carboxylic acids is 1. The van der Waals surface area contributed by atoms with Crippen LogP contribution in [0.4, 0.5) is 8.78 Å². The first-order valence-electron chi connectivity index (χ1n) is 9.31. The Balaban J connectivity index is 1.38. The van der Waals surface area contributed by atoms with Crippen LogP contribution in [0.5, 0.6) is 0 Å². The molecule has 0 atom stereocenters. The third kappa shape index (κ3) is 3.96. The maximum Gasteiger partial charge on any atom is 0.253 e. The molecule has 144 valence electrons. The van der Waals surface area contributed by atoms with Gasteiger partial charge < -0.3 is 9.64 Å². The minimum Gasteiger partial charge on any atom is -0.476 e. The minimum atomic E-state index is -0.999. The van der Waals surface area contributed by atoms with E-state index in [0.717, 1.165) is 36.1 Å². The van der Waals surface area contributed by atoms with Crippen molar-refractivity contribution in [3.8, 4) is 0 Å². The van der Waals surface area contributed by atoms with Crippen molar-refractivity contribution in [2.24, 2.45) is 4.99 Å².